The molecule has 3 rings (SSSR count). The molecule has 5 nitrogen and oxygen atoms in total. The summed E-state index contributed by atoms with van der Waals surface area (Å²) in [5.41, 5.74) is 2.30. The summed E-state index contributed by atoms with van der Waals surface area (Å²) in [6.45, 7) is 0.407. The molecule has 0 unspecified atom stereocenters. The van der Waals surface area contributed by atoms with E-state index >= 15 is 0 Å². The second kappa shape index (κ2) is 4.85. The van der Waals surface area contributed by atoms with Gasteiger partial charge in [-0.1, -0.05) is 12.1 Å². The highest BCUT2D eigenvalue weighted by atomic mass is 16.2. The average molecular weight is 269 g/mol. The molecule has 0 saturated heterocycles. The minimum atomic E-state index is -0.0930. The molecule has 0 spiro atoms. The lowest BCUT2D eigenvalue weighted by atomic mass is 10.1. The summed E-state index contributed by atoms with van der Waals surface area (Å²) < 4.78 is 1.84. The fourth-order valence-electron chi connectivity index (χ4n) is 2.38. The van der Waals surface area contributed by atoms with E-state index in [1.165, 1.54) is 0 Å². The fourth-order valence-corrected chi connectivity index (χ4v) is 2.38. The lowest BCUT2D eigenvalue weighted by Gasteiger charge is -2.30. The number of nitrogens with one attached hydrogen (secondary N) is 1. The lowest BCUT2D eigenvalue weighted by molar-refractivity contribution is -0.115. The molecule has 2 heterocycles. The number of para-hydroxylation sites is 2. The van der Waals surface area contributed by atoms with Crippen molar-refractivity contribution in [3.05, 3.63) is 48.3 Å². The SMILES string of the molecule is Cn1ccc(C(=O)CN2CC(=O)Nc3ccccc32)c1. The number of nitrogens with zero attached hydrogens (tertiary/aromatic N) is 2. The van der Waals surface area contributed by atoms with Gasteiger partial charge >= 0.3 is 0 Å². The van der Waals surface area contributed by atoms with Crippen molar-refractivity contribution in [2.45, 2.75) is 0 Å². The molecule has 2 aromatic rings. The molecule has 0 saturated carbocycles. The van der Waals surface area contributed by atoms with Gasteiger partial charge in [-0.3, -0.25) is 9.59 Å². The molecule has 0 radical (unpaired) electrons. The molecule has 1 aromatic heterocycles. The number of benzene rings is 1. The monoisotopic (exact) mass is 269 g/mol. The van der Waals surface area contributed by atoms with Crippen molar-refractivity contribution in [3.8, 4) is 0 Å². The summed E-state index contributed by atoms with van der Waals surface area (Å²) >= 11 is 0. The zero-order valence-corrected chi connectivity index (χ0v) is 11.2. The van der Waals surface area contributed by atoms with Gasteiger partial charge in [0.15, 0.2) is 5.78 Å². The highest BCUT2D eigenvalue weighted by molar-refractivity contribution is 6.05. The largest absolute Gasteiger partial charge is 0.357 e. The number of amides is 1. The van der Waals surface area contributed by atoms with Gasteiger partial charge in [0.2, 0.25) is 5.91 Å². The Hall–Kier alpha value is -2.56. The third kappa shape index (κ3) is 2.30. The first-order chi connectivity index (χ1) is 9.63. The van der Waals surface area contributed by atoms with E-state index in [2.05, 4.69) is 5.32 Å². The van der Waals surface area contributed by atoms with Crippen LogP contribution in [0.3, 0.4) is 0 Å². The van der Waals surface area contributed by atoms with Crippen LogP contribution in [0.2, 0.25) is 0 Å². The summed E-state index contributed by atoms with van der Waals surface area (Å²) in [4.78, 5) is 25.8. The second-order valence-corrected chi connectivity index (χ2v) is 4.91. The molecule has 0 fully saturated rings. The van der Waals surface area contributed by atoms with Crippen LogP contribution in [0, 0.1) is 0 Å². The van der Waals surface area contributed by atoms with E-state index in [9.17, 15) is 9.59 Å². The third-order valence-electron chi connectivity index (χ3n) is 3.34. The first-order valence-corrected chi connectivity index (χ1v) is 6.42. The Kier molecular flexibility index (Phi) is 3.02. The number of hydrogen-bond acceptors (Lipinski definition) is 3. The van der Waals surface area contributed by atoms with Crippen LogP contribution in [0.15, 0.2) is 42.7 Å². The number of fused-ring (bicyclic) bond motifs is 1. The second-order valence-electron chi connectivity index (χ2n) is 4.91. The molecule has 102 valence electrons. The smallest absolute Gasteiger partial charge is 0.243 e. The molecular formula is C15H15N3O2. The van der Waals surface area contributed by atoms with E-state index in [1.54, 1.807) is 12.3 Å². The van der Waals surface area contributed by atoms with Crippen molar-refractivity contribution in [2.75, 3.05) is 23.3 Å². The topological polar surface area (TPSA) is 54.3 Å². The number of carbonyl (C=O) groups is 2. The number of aryl methyl sites for hydroxylation is 1. The Bertz CT molecular complexity index is 675. The number of anilines is 2. The Morgan fingerprint density at radius 2 is 2.10 bits per heavy atom. The number of ketones is 1. The summed E-state index contributed by atoms with van der Waals surface area (Å²) in [7, 11) is 1.88. The van der Waals surface area contributed by atoms with Gasteiger partial charge in [-0.05, 0) is 18.2 Å². The molecule has 1 aliphatic rings. The Morgan fingerprint density at radius 1 is 1.30 bits per heavy atom. The number of carbonyl (C=O) groups excluding carboxylic acids is 2. The van der Waals surface area contributed by atoms with E-state index in [4.69, 9.17) is 0 Å². The highest BCUT2D eigenvalue weighted by Crippen LogP contribution is 2.28. The number of hydrogen-bond donors (Lipinski definition) is 1. The summed E-state index contributed by atoms with van der Waals surface area (Å²) in [6.07, 6.45) is 3.63. The van der Waals surface area contributed by atoms with Crippen LogP contribution in [0.4, 0.5) is 11.4 Å². The van der Waals surface area contributed by atoms with Crippen molar-refractivity contribution in [2.24, 2.45) is 7.05 Å². The Morgan fingerprint density at radius 3 is 2.85 bits per heavy atom. The van der Waals surface area contributed by atoms with E-state index in [-0.39, 0.29) is 24.8 Å². The highest BCUT2D eigenvalue weighted by Gasteiger charge is 2.23. The molecular weight excluding hydrogens is 254 g/mol. The van der Waals surface area contributed by atoms with Gasteiger partial charge in [0.05, 0.1) is 24.5 Å². The van der Waals surface area contributed by atoms with Gasteiger partial charge < -0.3 is 14.8 Å². The molecule has 1 amide bonds. The van der Waals surface area contributed by atoms with Gasteiger partial charge in [0, 0.05) is 25.0 Å². The Labute approximate surface area is 116 Å². The Balaban J connectivity index is 1.84. The van der Waals surface area contributed by atoms with E-state index in [1.807, 2.05) is 47.0 Å². The van der Waals surface area contributed by atoms with E-state index in [0.29, 0.717) is 5.56 Å². The first kappa shape index (κ1) is 12.5. The summed E-state index contributed by atoms with van der Waals surface area (Å²) in [6, 6.07) is 9.30. The number of aromatic nitrogens is 1. The maximum atomic E-state index is 12.3. The van der Waals surface area contributed by atoms with Crippen molar-refractivity contribution in [3.63, 3.8) is 0 Å². The van der Waals surface area contributed by atoms with Crippen LogP contribution >= 0.6 is 0 Å². The van der Waals surface area contributed by atoms with Crippen LogP contribution in [0.25, 0.3) is 0 Å². The fraction of sp³-hybridized carbons (Fsp3) is 0.200. The molecule has 0 atom stereocenters. The minimum Gasteiger partial charge on any atom is -0.357 e. The van der Waals surface area contributed by atoms with Crippen LogP contribution in [-0.4, -0.2) is 29.3 Å². The maximum Gasteiger partial charge on any atom is 0.243 e. The van der Waals surface area contributed by atoms with Gasteiger partial charge in [-0.2, -0.15) is 0 Å². The van der Waals surface area contributed by atoms with Crippen molar-refractivity contribution in [1.29, 1.82) is 0 Å². The molecule has 1 N–H and O–H groups in total. The number of rotatable bonds is 3. The van der Waals surface area contributed by atoms with Crippen LogP contribution in [-0.2, 0) is 11.8 Å². The van der Waals surface area contributed by atoms with Crippen molar-refractivity contribution >= 4 is 23.1 Å². The predicted molar refractivity (Wildman–Crippen MR) is 77.0 cm³/mol. The maximum absolute atomic E-state index is 12.3. The third-order valence-corrected chi connectivity index (χ3v) is 3.34. The zero-order chi connectivity index (χ0) is 14.1. The standard InChI is InChI=1S/C15H15N3O2/c1-17-7-6-11(8-17)14(19)9-18-10-15(20)16-12-4-2-3-5-13(12)18/h2-8H,9-10H2,1H3,(H,16,20). The molecule has 0 aliphatic carbocycles. The first-order valence-electron chi connectivity index (χ1n) is 6.42. The molecule has 5 heteroatoms. The number of Topliss-reactive ketones (excluding diaryl/α,β-unsaturated/α-hetero) is 1. The molecule has 20 heavy (non-hydrogen) atoms. The van der Waals surface area contributed by atoms with Gasteiger partial charge in [0.1, 0.15) is 0 Å². The zero-order valence-electron chi connectivity index (χ0n) is 11.2. The molecule has 0 bridgehead atoms. The van der Waals surface area contributed by atoms with Gasteiger partial charge in [0.25, 0.3) is 0 Å². The van der Waals surface area contributed by atoms with Crippen LogP contribution in [0.5, 0.6) is 0 Å². The molecule has 1 aromatic carbocycles. The molecule has 1 aliphatic heterocycles. The van der Waals surface area contributed by atoms with Gasteiger partial charge in [-0.25, -0.2) is 0 Å². The van der Waals surface area contributed by atoms with Crippen molar-refractivity contribution < 1.29 is 9.59 Å². The normalized spacial score (nSPS) is 13.8. The van der Waals surface area contributed by atoms with Gasteiger partial charge in [-0.15, -0.1) is 0 Å². The minimum absolute atomic E-state index is 0.00935. The van der Waals surface area contributed by atoms with E-state index in [0.717, 1.165) is 11.4 Å². The average Bonchev–Trinajstić information content (AvgIpc) is 2.85. The summed E-state index contributed by atoms with van der Waals surface area (Å²) in [5.74, 6) is -0.0836. The summed E-state index contributed by atoms with van der Waals surface area (Å²) in [5, 5.41) is 2.81. The predicted octanol–water partition coefficient (Wildman–Crippen LogP) is 1.67. The quantitative estimate of drug-likeness (QED) is 0.862. The van der Waals surface area contributed by atoms with Crippen LogP contribution < -0.4 is 10.2 Å². The lowest BCUT2D eigenvalue weighted by Crippen LogP contribution is -2.41. The van der Waals surface area contributed by atoms with E-state index < -0.39 is 0 Å². The van der Waals surface area contributed by atoms with Crippen molar-refractivity contribution in [1.82, 2.24) is 4.57 Å². The van der Waals surface area contributed by atoms with Crippen LogP contribution in [0.1, 0.15) is 10.4 Å².